The van der Waals surface area contributed by atoms with Crippen LogP contribution in [0.5, 0.6) is 0 Å². The molecule has 0 spiro atoms. The van der Waals surface area contributed by atoms with Gasteiger partial charge in [-0.05, 0) is 30.7 Å². The summed E-state index contributed by atoms with van der Waals surface area (Å²) in [5.74, 6) is -0.986. The Morgan fingerprint density at radius 1 is 1.35 bits per heavy atom. The van der Waals surface area contributed by atoms with Gasteiger partial charge in [-0.3, -0.25) is 9.36 Å². The highest BCUT2D eigenvalue weighted by atomic mass is 35.5. The molecule has 0 aliphatic heterocycles. The summed E-state index contributed by atoms with van der Waals surface area (Å²) < 4.78 is 2.20. The lowest BCUT2D eigenvalue weighted by molar-refractivity contribution is 0.0702. The molecule has 102 valence electrons. The van der Waals surface area contributed by atoms with E-state index in [2.05, 4.69) is 0 Å². The van der Waals surface area contributed by atoms with Crippen LogP contribution in [0.4, 0.5) is 0 Å². The summed E-state index contributed by atoms with van der Waals surface area (Å²) in [6.07, 6.45) is 0. The van der Waals surface area contributed by atoms with Crippen LogP contribution in [0.2, 0.25) is 5.02 Å². The number of aromatic carboxylic acids is 1. The number of halogens is 1. The van der Waals surface area contributed by atoms with E-state index < -0.39 is 5.97 Å². The Kier molecular flexibility index (Phi) is 3.16. The number of hydrogen-bond donors (Lipinski definition) is 1. The number of rotatable bonds is 2. The molecule has 3 aromatic rings. The van der Waals surface area contributed by atoms with Gasteiger partial charge in [-0.2, -0.15) is 0 Å². The van der Waals surface area contributed by atoms with Gasteiger partial charge in [0.05, 0.1) is 10.4 Å². The fourth-order valence-corrected chi connectivity index (χ4v) is 4.25. The number of nitrogens with zero attached hydrogens (tertiary/aromatic N) is 1. The third kappa shape index (κ3) is 1.96. The summed E-state index contributed by atoms with van der Waals surface area (Å²) in [5, 5.41) is 9.61. The molecule has 1 aromatic carbocycles. The first kappa shape index (κ1) is 13.4. The van der Waals surface area contributed by atoms with E-state index >= 15 is 0 Å². The third-order valence-corrected chi connectivity index (χ3v) is 5.49. The van der Waals surface area contributed by atoms with Crippen LogP contribution in [0.3, 0.4) is 0 Å². The average Bonchev–Trinajstić information content (AvgIpc) is 2.90. The number of carboxylic acids is 1. The maximum Gasteiger partial charge on any atom is 0.345 e. The molecule has 0 unspecified atom stereocenters. The zero-order valence-corrected chi connectivity index (χ0v) is 12.6. The first-order valence-electron chi connectivity index (χ1n) is 5.63. The molecule has 7 heteroatoms. The van der Waals surface area contributed by atoms with E-state index in [0.29, 0.717) is 20.2 Å². The van der Waals surface area contributed by atoms with Crippen LogP contribution in [0, 0.1) is 6.92 Å². The Morgan fingerprint density at radius 3 is 2.80 bits per heavy atom. The van der Waals surface area contributed by atoms with Gasteiger partial charge in [-0.15, -0.1) is 11.3 Å². The number of carbonyl (C=O) groups is 1. The number of thiazole rings is 1. The Hall–Kier alpha value is -1.63. The lowest BCUT2D eigenvalue weighted by Crippen LogP contribution is -2.11. The maximum atomic E-state index is 12.1. The van der Waals surface area contributed by atoms with Gasteiger partial charge in [0.2, 0.25) is 0 Å². The Morgan fingerprint density at radius 2 is 2.10 bits per heavy atom. The molecule has 0 saturated heterocycles. The van der Waals surface area contributed by atoms with Gasteiger partial charge < -0.3 is 5.11 Å². The van der Waals surface area contributed by atoms with Crippen molar-refractivity contribution >= 4 is 49.8 Å². The molecule has 0 aliphatic rings. The minimum atomic E-state index is -0.986. The van der Waals surface area contributed by atoms with Crippen molar-refractivity contribution in [1.82, 2.24) is 4.57 Å². The van der Waals surface area contributed by atoms with E-state index in [9.17, 15) is 9.59 Å². The van der Waals surface area contributed by atoms with E-state index in [1.54, 1.807) is 18.2 Å². The fourth-order valence-electron chi connectivity index (χ4n) is 1.97. The molecule has 2 aromatic heterocycles. The Labute approximate surface area is 126 Å². The molecule has 2 heterocycles. The molecular formula is C13H8ClNO3S2. The largest absolute Gasteiger partial charge is 0.477 e. The molecule has 0 aliphatic carbocycles. The summed E-state index contributed by atoms with van der Waals surface area (Å²) in [6, 6.07) is 6.86. The molecular weight excluding hydrogens is 318 g/mol. The zero-order valence-electron chi connectivity index (χ0n) is 10.2. The minimum Gasteiger partial charge on any atom is -0.477 e. The van der Waals surface area contributed by atoms with Crippen LogP contribution in [0.15, 0.2) is 29.1 Å². The Bertz CT molecular complexity index is 891. The van der Waals surface area contributed by atoms with Gasteiger partial charge in [0.15, 0.2) is 0 Å². The van der Waals surface area contributed by atoms with Crippen LogP contribution in [-0.2, 0) is 0 Å². The molecule has 0 amide bonds. The van der Waals surface area contributed by atoms with Crippen molar-refractivity contribution in [2.75, 3.05) is 0 Å². The molecule has 0 radical (unpaired) electrons. The first-order valence-corrected chi connectivity index (χ1v) is 7.64. The van der Waals surface area contributed by atoms with Crippen molar-refractivity contribution in [3.8, 4) is 5.69 Å². The van der Waals surface area contributed by atoms with Gasteiger partial charge >= 0.3 is 10.8 Å². The summed E-state index contributed by atoms with van der Waals surface area (Å²) in [7, 11) is 0. The molecule has 3 rings (SSSR count). The molecule has 0 saturated carbocycles. The lowest BCUT2D eigenvalue weighted by Gasteiger charge is -2.07. The number of aromatic nitrogens is 1. The second-order valence-electron chi connectivity index (χ2n) is 4.17. The molecule has 1 N–H and O–H groups in total. The third-order valence-electron chi connectivity index (χ3n) is 2.95. The van der Waals surface area contributed by atoms with Gasteiger partial charge in [0.1, 0.15) is 9.71 Å². The van der Waals surface area contributed by atoms with Crippen molar-refractivity contribution < 1.29 is 9.90 Å². The maximum absolute atomic E-state index is 12.1. The lowest BCUT2D eigenvalue weighted by atomic mass is 10.2. The predicted molar refractivity (Wildman–Crippen MR) is 82.0 cm³/mol. The minimum absolute atomic E-state index is 0.145. The highest BCUT2D eigenvalue weighted by Crippen LogP contribution is 2.31. The fraction of sp³-hybridized carbons (Fsp3) is 0.0769. The first-order chi connectivity index (χ1) is 9.49. The van der Waals surface area contributed by atoms with Gasteiger partial charge in [0.25, 0.3) is 0 Å². The summed E-state index contributed by atoms with van der Waals surface area (Å²) in [5.41, 5.74) is 1.48. The van der Waals surface area contributed by atoms with E-state index in [0.717, 1.165) is 28.2 Å². The smallest absolute Gasteiger partial charge is 0.345 e. The number of thiophene rings is 1. The number of carboxylic acid groups (broad SMARTS) is 1. The van der Waals surface area contributed by atoms with Crippen molar-refractivity contribution in [2.24, 2.45) is 0 Å². The quantitative estimate of drug-likeness (QED) is 0.780. The molecule has 4 nitrogen and oxygen atoms in total. The number of hydrogen-bond acceptors (Lipinski definition) is 4. The molecule has 0 fully saturated rings. The van der Waals surface area contributed by atoms with Gasteiger partial charge in [-0.25, -0.2) is 4.79 Å². The number of benzene rings is 1. The second kappa shape index (κ2) is 4.73. The van der Waals surface area contributed by atoms with E-state index in [1.165, 1.54) is 10.6 Å². The Balaban J connectivity index is 2.35. The van der Waals surface area contributed by atoms with E-state index in [-0.39, 0.29) is 9.75 Å². The van der Waals surface area contributed by atoms with Crippen LogP contribution in [-0.4, -0.2) is 15.6 Å². The predicted octanol–water partition coefficient (Wildman–Crippen LogP) is 3.77. The molecule has 20 heavy (non-hydrogen) atoms. The van der Waals surface area contributed by atoms with Crippen molar-refractivity contribution in [3.63, 3.8) is 0 Å². The topological polar surface area (TPSA) is 59.3 Å². The van der Waals surface area contributed by atoms with Gasteiger partial charge in [-0.1, -0.05) is 29.0 Å². The van der Waals surface area contributed by atoms with Crippen molar-refractivity contribution in [2.45, 2.75) is 6.92 Å². The van der Waals surface area contributed by atoms with Crippen LogP contribution < -0.4 is 4.87 Å². The highest BCUT2D eigenvalue weighted by Gasteiger charge is 2.17. The van der Waals surface area contributed by atoms with E-state index in [4.69, 9.17) is 16.7 Å². The van der Waals surface area contributed by atoms with E-state index in [1.807, 2.05) is 6.92 Å². The summed E-state index contributed by atoms with van der Waals surface area (Å²) in [6.45, 7) is 1.83. The van der Waals surface area contributed by atoms with Gasteiger partial charge in [0, 0.05) is 5.02 Å². The van der Waals surface area contributed by atoms with Crippen LogP contribution >= 0.6 is 34.3 Å². The summed E-state index contributed by atoms with van der Waals surface area (Å²) in [4.78, 5) is 23.9. The normalized spacial score (nSPS) is 11.1. The molecule has 0 bridgehead atoms. The van der Waals surface area contributed by atoms with Crippen LogP contribution in [0.25, 0.3) is 15.2 Å². The van der Waals surface area contributed by atoms with Crippen LogP contribution in [0.1, 0.15) is 15.2 Å². The SMILES string of the molecule is Cc1c(Cl)cccc1-n1c(=O)sc2cc(C(=O)O)sc21. The monoisotopic (exact) mass is 325 g/mol. The highest BCUT2D eigenvalue weighted by molar-refractivity contribution is 7.27. The zero-order chi connectivity index (χ0) is 14.4. The van der Waals surface area contributed by atoms with Crippen molar-refractivity contribution in [1.29, 1.82) is 0 Å². The average molecular weight is 326 g/mol. The molecule has 0 atom stereocenters. The second-order valence-corrected chi connectivity index (χ2v) is 6.60. The summed E-state index contributed by atoms with van der Waals surface area (Å²) >= 11 is 8.22. The standard InChI is InChI=1S/C13H8ClNO3S2/c1-6-7(14)3-2-4-8(6)15-11-9(20-13(15)18)5-10(19-11)12(16)17/h2-5H,1H3,(H,16,17). The van der Waals surface area contributed by atoms with Crippen molar-refractivity contribution in [3.05, 3.63) is 49.4 Å². The number of fused-ring (bicyclic) bond motifs is 1.